The number of nitrogens with zero attached hydrogens (tertiary/aromatic N) is 4. The van der Waals surface area contributed by atoms with Gasteiger partial charge in [-0.1, -0.05) is 6.07 Å². The second kappa shape index (κ2) is 6.34. The number of carbonyl (C=O) groups is 1. The van der Waals surface area contributed by atoms with Crippen LogP contribution in [0.25, 0.3) is 11.4 Å². The molecule has 0 saturated carbocycles. The van der Waals surface area contributed by atoms with E-state index in [9.17, 15) is 13.6 Å². The third-order valence-corrected chi connectivity index (χ3v) is 3.07. The number of halogens is 2. The van der Waals surface area contributed by atoms with Crippen LogP contribution in [0.15, 0.2) is 42.9 Å². The fourth-order valence-corrected chi connectivity index (χ4v) is 2.07. The molecule has 1 amide bonds. The van der Waals surface area contributed by atoms with Crippen molar-refractivity contribution in [3.63, 3.8) is 0 Å². The summed E-state index contributed by atoms with van der Waals surface area (Å²) in [4.78, 5) is 16.4. The van der Waals surface area contributed by atoms with Crippen LogP contribution in [-0.4, -0.2) is 37.3 Å². The van der Waals surface area contributed by atoms with E-state index in [2.05, 4.69) is 25.6 Å². The van der Waals surface area contributed by atoms with E-state index >= 15 is 0 Å². The summed E-state index contributed by atoms with van der Waals surface area (Å²) in [6, 6.07) is 6.69. The summed E-state index contributed by atoms with van der Waals surface area (Å²) in [5, 5.41) is 13.0. The molecule has 9 heteroatoms. The number of hydrogen-bond donors (Lipinski definition) is 2. The molecule has 3 rings (SSSR count). The van der Waals surface area contributed by atoms with Crippen LogP contribution in [0.5, 0.6) is 0 Å². The molecule has 118 valence electrons. The number of aromatic amines is 1. The zero-order valence-electron chi connectivity index (χ0n) is 11.8. The Morgan fingerprint density at radius 2 is 2.17 bits per heavy atom. The topological polar surface area (TPSA) is 88.5 Å². The zero-order valence-corrected chi connectivity index (χ0v) is 11.8. The van der Waals surface area contributed by atoms with E-state index in [1.54, 1.807) is 24.4 Å². The van der Waals surface area contributed by atoms with Gasteiger partial charge >= 0.3 is 0 Å². The number of anilines is 1. The van der Waals surface area contributed by atoms with Gasteiger partial charge in [-0.15, -0.1) is 0 Å². The molecule has 0 fully saturated rings. The van der Waals surface area contributed by atoms with E-state index in [-0.39, 0.29) is 5.69 Å². The highest BCUT2D eigenvalue weighted by Crippen LogP contribution is 2.23. The third-order valence-electron chi connectivity index (χ3n) is 3.07. The van der Waals surface area contributed by atoms with Crippen LogP contribution >= 0.6 is 0 Å². The Morgan fingerprint density at radius 3 is 2.91 bits per heavy atom. The minimum atomic E-state index is -2.60. The predicted molar refractivity (Wildman–Crippen MR) is 78.0 cm³/mol. The quantitative estimate of drug-likeness (QED) is 0.754. The molecule has 0 aromatic carbocycles. The van der Waals surface area contributed by atoms with Gasteiger partial charge in [0.25, 0.3) is 12.3 Å². The van der Waals surface area contributed by atoms with Gasteiger partial charge in [0.15, 0.2) is 0 Å². The third kappa shape index (κ3) is 3.23. The molecule has 23 heavy (non-hydrogen) atoms. The lowest BCUT2D eigenvalue weighted by Gasteiger charge is -2.08. The summed E-state index contributed by atoms with van der Waals surface area (Å²) in [5.74, 6) is -0.554. The number of rotatable bonds is 5. The summed E-state index contributed by atoms with van der Waals surface area (Å²) < 4.78 is 25.9. The van der Waals surface area contributed by atoms with Gasteiger partial charge in [0.05, 0.1) is 17.6 Å². The largest absolute Gasteiger partial charge is 0.317 e. The summed E-state index contributed by atoms with van der Waals surface area (Å²) in [7, 11) is 0. The molecule has 3 aromatic heterocycles. The Hall–Kier alpha value is -3.10. The average molecular weight is 318 g/mol. The predicted octanol–water partition coefficient (Wildman–Crippen LogP) is 2.19. The van der Waals surface area contributed by atoms with Crippen LogP contribution < -0.4 is 5.32 Å². The molecule has 2 N–H and O–H groups in total. The summed E-state index contributed by atoms with van der Waals surface area (Å²) in [6.45, 7) is -0.645. The van der Waals surface area contributed by atoms with Crippen molar-refractivity contribution in [3.8, 4) is 11.4 Å². The number of alkyl halides is 2. The van der Waals surface area contributed by atoms with E-state index in [0.29, 0.717) is 17.1 Å². The first kappa shape index (κ1) is 14.8. The number of hydrogen-bond acceptors (Lipinski definition) is 4. The van der Waals surface area contributed by atoms with Gasteiger partial charge in [0.1, 0.15) is 17.9 Å². The van der Waals surface area contributed by atoms with E-state index in [1.807, 2.05) is 0 Å². The first-order valence-electron chi connectivity index (χ1n) is 6.71. The van der Waals surface area contributed by atoms with Crippen LogP contribution in [0.1, 0.15) is 10.5 Å². The Balaban J connectivity index is 1.82. The number of aromatic nitrogens is 5. The summed E-state index contributed by atoms with van der Waals surface area (Å²) in [6.07, 6.45) is 1.74. The standard InChI is InChI=1S/C14H12F2N6O/c15-12(16)8-22-11(4-6-19-22)14(23)20-10-7-18-21-13(10)9-3-1-2-5-17-9/h1-7,12H,8H2,(H,18,21)(H,20,23). The normalized spacial score (nSPS) is 10.9. The number of H-pyrrole nitrogens is 1. The molecule has 0 aliphatic carbocycles. The maximum atomic E-state index is 12.5. The summed E-state index contributed by atoms with van der Waals surface area (Å²) >= 11 is 0. The van der Waals surface area contributed by atoms with Crippen molar-refractivity contribution in [1.29, 1.82) is 0 Å². The minimum Gasteiger partial charge on any atom is -0.317 e. The average Bonchev–Trinajstić information content (AvgIpc) is 3.17. The van der Waals surface area contributed by atoms with Crippen molar-refractivity contribution in [2.75, 3.05) is 5.32 Å². The molecule has 0 saturated heterocycles. The molecule has 3 aromatic rings. The van der Waals surface area contributed by atoms with Crippen molar-refractivity contribution in [1.82, 2.24) is 25.0 Å². The van der Waals surface area contributed by atoms with Crippen molar-refractivity contribution in [2.24, 2.45) is 0 Å². The van der Waals surface area contributed by atoms with Crippen LogP contribution in [0, 0.1) is 0 Å². The van der Waals surface area contributed by atoms with Crippen molar-refractivity contribution < 1.29 is 13.6 Å². The van der Waals surface area contributed by atoms with Gasteiger partial charge in [-0.25, -0.2) is 8.78 Å². The first-order chi connectivity index (χ1) is 11.1. The van der Waals surface area contributed by atoms with Crippen LogP contribution in [-0.2, 0) is 6.54 Å². The maximum absolute atomic E-state index is 12.5. The van der Waals surface area contributed by atoms with Crippen LogP contribution in [0.3, 0.4) is 0 Å². The van der Waals surface area contributed by atoms with Gasteiger partial charge in [-0.05, 0) is 18.2 Å². The molecule has 0 radical (unpaired) electrons. The second-order valence-corrected chi connectivity index (χ2v) is 4.62. The lowest BCUT2D eigenvalue weighted by molar-refractivity contribution is 0.0989. The van der Waals surface area contributed by atoms with Gasteiger partial charge in [-0.3, -0.25) is 19.6 Å². The molecule has 0 unspecified atom stereocenters. The lowest BCUT2D eigenvalue weighted by atomic mass is 10.2. The Kier molecular flexibility index (Phi) is 4.09. The zero-order chi connectivity index (χ0) is 16.2. The molecule has 3 heterocycles. The number of pyridine rings is 1. The fourth-order valence-electron chi connectivity index (χ4n) is 2.07. The highest BCUT2D eigenvalue weighted by Gasteiger charge is 2.18. The number of nitrogens with one attached hydrogen (secondary N) is 2. The fraction of sp³-hybridized carbons (Fsp3) is 0.143. The van der Waals surface area contributed by atoms with Crippen molar-refractivity contribution >= 4 is 11.6 Å². The van der Waals surface area contributed by atoms with Crippen molar-refractivity contribution in [3.05, 3.63) is 48.5 Å². The van der Waals surface area contributed by atoms with Gasteiger partial charge in [-0.2, -0.15) is 10.2 Å². The lowest BCUT2D eigenvalue weighted by Crippen LogP contribution is -2.20. The van der Waals surface area contributed by atoms with E-state index in [0.717, 1.165) is 4.68 Å². The van der Waals surface area contributed by atoms with E-state index < -0.39 is 18.9 Å². The summed E-state index contributed by atoms with van der Waals surface area (Å²) in [5.41, 5.74) is 1.57. The molecular weight excluding hydrogens is 306 g/mol. The SMILES string of the molecule is O=C(Nc1cn[nH]c1-c1ccccn1)c1ccnn1CC(F)F. The van der Waals surface area contributed by atoms with Gasteiger partial charge < -0.3 is 5.32 Å². The Bertz CT molecular complexity index is 798. The minimum absolute atomic E-state index is 0.0403. The molecular formula is C14H12F2N6O. The van der Waals surface area contributed by atoms with Gasteiger partial charge in [0, 0.05) is 12.4 Å². The molecule has 0 aliphatic rings. The first-order valence-corrected chi connectivity index (χ1v) is 6.71. The molecule has 0 atom stereocenters. The van der Waals surface area contributed by atoms with Gasteiger partial charge in [0.2, 0.25) is 0 Å². The Labute approximate surface area is 129 Å². The number of amides is 1. The van der Waals surface area contributed by atoms with E-state index in [1.165, 1.54) is 18.5 Å². The number of carbonyl (C=O) groups excluding carboxylic acids is 1. The smallest absolute Gasteiger partial charge is 0.274 e. The highest BCUT2D eigenvalue weighted by molar-refractivity contribution is 6.04. The second-order valence-electron chi connectivity index (χ2n) is 4.62. The highest BCUT2D eigenvalue weighted by atomic mass is 19.3. The maximum Gasteiger partial charge on any atom is 0.274 e. The van der Waals surface area contributed by atoms with E-state index in [4.69, 9.17) is 0 Å². The molecule has 7 nitrogen and oxygen atoms in total. The molecule has 0 spiro atoms. The molecule has 0 aliphatic heterocycles. The van der Waals surface area contributed by atoms with Crippen LogP contribution in [0.2, 0.25) is 0 Å². The monoisotopic (exact) mass is 318 g/mol. The molecule has 0 bridgehead atoms. The Morgan fingerprint density at radius 1 is 1.30 bits per heavy atom. The van der Waals surface area contributed by atoms with Crippen LogP contribution in [0.4, 0.5) is 14.5 Å². The van der Waals surface area contributed by atoms with Crippen molar-refractivity contribution in [2.45, 2.75) is 13.0 Å².